The maximum absolute atomic E-state index is 13.3. The summed E-state index contributed by atoms with van der Waals surface area (Å²) in [6.45, 7) is 4.31. The Morgan fingerprint density at radius 3 is 2.23 bits per heavy atom. The fourth-order valence-corrected chi connectivity index (χ4v) is 6.66. The Hall–Kier alpha value is -4.20. The number of halogens is 1. The van der Waals surface area contributed by atoms with Crippen LogP contribution in [0.15, 0.2) is 108 Å². The number of nitrogens with one attached hydrogen (secondary N) is 1. The number of rotatable bonds is 11. The highest BCUT2D eigenvalue weighted by Gasteiger charge is 2.23. The Balaban J connectivity index is 1.45. The summed E-state index contributed by atoms with van der Waals surface area (Å²) in [7, 11) is -4.12. The van der Waals surface area contributed by atoms with Gasteiger partial charge in [0.1, 0.15) is 0 Å². The van der Waals surface area contributed by atoms with E-state index in [1.165, 1.54) is 11.6 Å². The number of hydrogen-bond acceptors (Lipinski definition) is 4. The number of carbonyl (C=O) groups excluding carboxylic acids is 1. The molecule has 43 heavy (non-hydrogen) atoms. The van der Waals surface area contributed by atoms with Gasteiger partial charge >= 0.3 is 0 Å². The molecule has 0 aliphatic heterocycles. The summed E-state index contributed by atoms with van der Waals surface area (Å²) < 4.78 is 30.8. The number of amides is 1. The average molecular weight is 612 g/mol. The Bertz CT molecular complexity index is 1830. The first-order valence-electron chi connectivity index (χ1n) is 14.5. The summed E-state index contributed by atoms with van der Waals surface area (Å²) in [5, 5.41) is 5.68. The van der Waals surface area contributed by atoms with E-state index in [4.69, 9.17) is 16.7 Å². The van der Waals surface area contributed by atoms with Crippen LogP contribution in [0.2, 0.25) is 5.02 Å². The van der Waals surface area contributed by atoms with Crippen LogP contribution in [0.1, 0.15) is 59.6 Å². The molecule has 1 heterocycles. The number of benzene rings is 4. The smallest absolute Gasteiger partial charge is 0.264 e. The van der Waals surface area contributed by atoms with Crippen LogP contribution in [-0.2, 0) is 29.3 Å². The Morgan fingerprint density at radius 1 is 0.860 bits per heavy atom. The molecule has 0 saturated heterocycles. The van der Waals surface area contributed by atoms with Crippen molar-refractivity contribution >= 4 is 27.5 Å². The molecule has 8 heteroatoms. The van der Waals surface area contributed by atoms with E-state index in [1.54, 1.807) is 48.5 Å². The lowest BCUT2D eigenvalue weighted by atomic mass is 9.97. The zero-order valence-corrected chi connectivity index (χ0v) is 25.8. The summed E-state index contributed by atoms with van der Waals surface area (Å²) >= 11 is 6.57. The van der Waals surface area contributed by atoms with E-state index < -0.39 is 15.9 Å². The minimum absolute atomic E-state index is 0.0446. The third-order valence-corrected chi connectivity index (χ3v) is 9.15. The van der Waals surface area contributed by atoms with Crippen molar-refractivity contribution in [3.63, 3.8) is 0 Å². The molecule has 5 aromatic rings. The lowest BCUT2D eigenvalue weighted by Gasteiger charge is -2.13. The van der Waals surface area contributed by atoms with Gasteiger partial charge in [0.05, 0.1) is 21.3 Å². The quantitative estimate of drug-likeness (QED) is 0.165. The number of aryl methyl sites for hydroxylation is 1. The topological polar surface area (TPSA) is 81.1 Å². The molecule has 0 fully saturated rings. The van der Waals surface area contributed by atoms with E-state index >= 15 is 0 Å². The number of para-hydroxylation sites is 1. The molecule has 0 unspecified atom stereocenters. The second-order valence-corrected chi connectivity index (χ2v) is 12.4. The van der Waals surface area contributed by atoms with E-state index in [2.05, 4.69) is 18.6 Å². The van der Waals surface area contributed by atoms with Gasteiger partial charge in [-0.1, -0.05) is 105 Å². The molecule has 1 aromatic heterocycles. The van der Waals surface area contributed by atoms with Crippen molar-refractivity contribution in [3.8, 4) is 16.8 Å². The van der Waals surface area contributed by atoms with E-state index in [0.29, 0.717) is 17.0 Å². The minimum Gasteiger partial charge on any atom is -0.268 e. The first-order valence-corrected chi connectivity index (χ1v) is 16.3. The molecule has 0 saturated carbocycles. The molecule has 1 amide bonds. The fraction of sp³-hybridized carbons (Fsp3) is 0.200. The zero-order valence-electron chi connectivity index (χ0n) is 24.3. The van der Waals surface area contributed by atoms with Crippen LogP contribution >= 0.6 is 11.6 Å². The van der Waals surface area contributed by atoms with Crippen molar-refractivity contribution in [3.05, 3.63) is 136 Å². The van der Waals surface area contributed by atoms with Crippen molar-refractivity contribution < 1.29 is 13.2 Å². The van der Waals surface area contributed by atoms with Crippen molar-refractivity contribution in [2.24, 2.45) is 0 Å². The number of carbonyl (C=O) groups is 1. The summed E-state index contributed by atoms with van der Waals surface area (Å²) in [6, 6.07) is 30.7. The highest BCUT2D eigenvalue weighted by atomic mass is 35.5. The molecule has 0 aliphatic rings. The predicted molar refractivity (Wildman–Crippen MR) is 172 cm³/mol. The number of aromatic nitrogens is 2. The summed E-state index contributed by atoms with van der Waals surface area (Å²) in [5.41, 5.74) is 6.91. The van der Waals surface area contributed by atoms with Crippen molar-refractivity contribution in [1.82, 2.24) is 14.5 Å². The van der Waals surface area contributed by atoms with Crippen LogP contribution in [0.25, 0.3) is 16.8 Å². The lowest BCUT2D eigenvalue weighted by Crippen LogP contribution is -2.30. The summed E-state index contributed by atoms with van der Waals surface area (Å²) in [4.78, 5) is 12.7. The minimum atomic E-state index is -4.12. The molecule has 4 aromatic carbocycles. The van der Waals surface area contributed by atoms with E-state index in [9.17, 15) is 13.2 Å². The first kappa shape index (κ1) is 30.3. The van der Waals surface area contributed by atoms with Gasteiger partial charge in [-0.05, 0) is 60.7 Å². The molecular formula is C35H34ClN3O3S. The third kappa shape index (κ3) is 6.74. The van der Waals surface area contributed by atoms with Crippen molar-refractivity contribution in [2.45, 2.75) is 50.8 Å². The number of unbranched alkanes of at least 4 members (excludes halogenated alkanes) is 1. The van der Waals surface area contributed by atoms with E-state index in [-0.39, 0.29) is 10.5 Å². The lowest BCUT2D eigenvalue weighted by molar-refractivity contribution is 0.0981. The van der Waals surface area contributed by atoms with Crippen LogP contribution in [0.5, 0.6) is 0 Å². The molecular weight excluding hydrogens is 578 g/mol. The van der Waals surface area contributed by atoms with Gasteiger partial charge in [0.2, 0.25) is 0 Å². The van der Waals surface area contributed by atoms with Crippen LogP contribution < -0.4 is 4.72 Å². The normalized spacial score (nSPS) is 11.4. The van der Waals surface area contributed by atoms with E-state index in [1.807, 2.05) is 53.2 Å². The van der Waals surface area contributed by atoms with Gasteiger partial charge in [0.25, 0.3) is 15.9 Å². The molecule has 220 valence electrons. The maximum atomic E-state index is 13.3. The van der Waals surface area contributed by atoms with Gasteiger partial charge < -0.3 is 0 Å². The third-order valence-electron chi connectivity index (χ3n) is 7.44. The second kappa shape index (κ2) is 13.4. The largest absolute Gasteiger partial charge is 0.268 e. The molecule has 0 spiro atoms. The Kier molecular flexibility index (Phi) is 9.43. The molecule has 0 radical (unpaired) electrons. The first-order chi connectivity index (χ1) is 20.8. The van der Waals surface area contributed by atoms with Gasteiger partial charge in [0.15, 0.2) is 0 Å². The zero-order chi connectivity index (χ0) is 30.4. The van der Waals surface area contributed by atoms with Gasteiger partial charge in [-0.2, -0.15) is 5.10 Å². The van der Waals surface area contributed by atoms with Gasteiger partial charge in [-0.3, -0.25) is 4.79 Å². The molecule has 0 bridgehead atoms. The van der Waals surface area contributed by atoms with Crippen LogP contribution in [0.3, 0.4) is 0 Å². The Labute approximate surface area is 258 Å². The number of nitrogens with zero attached hydrogens (tertiary/aromatic N) is 2. The second-order valence-electron chi connectivity index (χ2n) is 10.4. The highest BCUT2D eigenvalue weighted by molar-refractivity contribution is 7.90. The van der Waals surface area contributed by atoms with Crippen LogP contribution in [0.4, 0.5) is 0 Å². The van der Waals surface area contributed by atoms with Crippen molar-refractivity contribution in [2.75, 3.05) is 0 Å². The maximum Gasteiger partial charge on any atom is 0.264 e. The van der Waals surface area contributed by atoms with E-state index in [0.717, 1.165) is 53.9 Å². The molecule has 5 rings (SSSR count). The van der Waals surface area contributed by atoms with Gasteiger partial charge in [-0.25, -0.2) is 17.8 Å². The van der Waals surface area contributed by atoms with Gasteiger partial charge in [-0.15, -0.1) is 0 Å². The molecule has 1 N–H and O–H groups in total. The SMILES string of the molecule is CCCCc1nn(-c2ccccc2Cl)c(CC)c1Cc1ccc(-c2ccccc2S(=O)(=O)NC(=O)c2ccccc2)cc1. The average Bonchev–Trinajstić information content (AvgIpc) is 3.37. The fourth-order valence-electron chi connectivity index (χ4n) is 5.24. The van der Waals surface area contributed by atoms with Crippen molar-refractivity contribution in [1.29, 1.82) is 0 Å². The standard InChI is InChI=1S/C35H34ClN3O3S/c1-3-5-17-31-29(32(4-2)39(37-31)33-18-11-10-16-30(33)36)24-25-20-22-26(23-21-25)28-15-9-12-19-34(28)43(41,42)38-35(40)27-13-7-6-8-14-27/h6-16,18-23H,3-5,17,24H2,1-2H3,(H,38,40). The predicted octanol–water partition coefficient (Wildman–Crippen LogP) is 7.81. The summed E-state index contributed by atoms with van der Waals surface area (Å²) in [6.07, 6.45) is 4.50. The van der Waals surface area contributed by atoms with Crippen LogP contribution in [0, 0.1) is 0 Å². The Morgan fingerprint density at radius 2 is 1.53 bits per heavy atom. The summed E-state index contributed by atoms with van der Waals surface area (Å²) in [5.74, 6) is -0.673. The number of sulfonamides is 1. The monoisotopic (exact) mass is 611 g/mol. The highest BCUT2D eigenvalue weighted by Crippen LogP contribution is 2.30. The van der Waals surface area contributed by atoms with Crippen LogP contribution in [-0.4, -0.2) is 24.1 Å². The number of hydrogen-bond donors (Lipinski definition) is 1. The molecule has 6 nitrogen and oxygen atoms in total. The molecule has 0 aliphatic carbocycles. The van der Waals surface area contributed by atoms with Gasteiger partial charge in [0, 0.05) is 28.8 Å². The molecule has 0 atom stereocenters.